The van der Waals surface area contributed by atoms with Gasteiger partial charge in [0.15, 0.2) is 4.34 Å². The summed E-state index contributed by atoms with van der Waals surface area (Å²) in [6, 6.07) is 6.72. The predicted octanol–water partition coefficient (Wildman–Crippen LogP) is 2.65. The van der Waals surface area contributed by atoms with Crippen LogP contribution in [0.2, 0.25) is 0 Å². The van der Waals surface area contributed by atoms with Crippen molar-refractivity contribution in [1.82, 2.24) is 10.2 Å². The number of methoxy groups -OCH3 is 1. The number of anilines is 2. The summed E-state index contributed by atoms with van der Waals surface area (Å²) in [6.45, 7) is 1.53. The van der Waals surface area contributed by atoms with Gasteiger partial charge < -0.3 is 20.1 Å². The molecule has 1 aromatic heterocycles. The molecule has 144 valence electrons. The average molecular weight is 409 g/mol. The number of aromatic nitrogens is 2. The van der Waals surface area contributed by atoms with Crippen molar-refractivity contribution < 1.29 is 19.1 Å². The minimum absolute atomic E-state index is 0.163. The van der Waals surface area contributed by atoms with E-state index in [0.717, 1.165) is 19.4 Å². The fourth-order valence-corrected chi connectivity index (χ4v) is 4.10. The third kappa shape index (κ3) is 5.65. The summed E-state index contributed by atoms with van der Waals surface area (Å²) < 4.78 is 11.0. The van der Waals surface area contributed by atoms with Gasteiger partial charge in [-0.15, -0.1) is 10.2 Å². The largest absolute Gasteiger partial charge is 0.465 e. The Kier molecular flexibility index (Phi) is 7.02. The first kappa shape index (κ1) is 19.6. The van der Waals surface area contributed by atoms with E-state index in [1.54, 1.807) is 24.3 Å². The summed E-state index contributed by atoms with van der Waals surface area (Å²) in [6.07, 6.45) is 2.38. The van der Waals surface area contributed by atoms with Gasteiger partial charge >= 0.3 is 5.97 Å². The molecule has 1 amide bonds. The quantitative estimate of drug-likeness (QED) is 0.508. The van der Waals surface area contributed by atoms with E-state index in [1.165, 1.54) is 30.2 Å². The molecule has 27 heavy (non-hydrogen) atoms. The van der Waals surface area contributed by atoms with Crippen LogP contribution in [0.25, 0.3) is 0 Å². The number of nitrogens with zero attached hydrogens (tertiary/aromatic N) is 2. The molecule has 1 fully saturated rings. The fourth-order valence-electron chi connectivity index (χ4n) is 2.54. The lowest BCUT2D eigenvalue weighted by atomic mass is 10.2. The monoisotopic (exact) mass is 408 g/mol. The SMILES string of the molecule is COC(=O)c1ccccc1NC(=O)CSc1nnc(NCC2CCCO2)s1. The first-order valence-corrected chi connectivity index (χ1v) is 10.2. The fraction of sp³-hybridized carbons (Fsp3) is 0.412. The third-order valence-electron chi connectivity index (χ3n) is 3.84. The number of benzene rings is 1. The summed E-state index contributed by atoms with van der Waals surface area (Å²) in [5.41, 5.74) is 0.737. The number of thioether (sulfide) groups is 1. The number of rotatable bonds is 8. The number of carbonyl (C=O) groups is 2. The molecule has 0 saturated carbocycles. The molecule has 1 atom stereocenters. The van der Waals surface area contributed by atoms with Crippen molar-refractivity contribution in [2.45, 2.75) is 23.3 Å². The van der Waals surface area contributed by atoms with E-state index in [9.17, 15) is 9.59 Å². The molecule has 2 heterocycles. The zero-order valence-electron chi connectivity index (χ0n) is 14.8. The molecule has 1 aliphatic rings. The lowest BCUT2D eigenvalue weighted by molar-refractivity contribution is -0.113. The molecule has 0 radical (unpaired) electrons. The topological polar surface area (TPSA) is 102 Å². The highest BCUT2D eigenvalue weighted by atomic mass is 32.2. The van der Waals surface area contributed by atoms with Crippen molar-refractivity contribution in [2.75, 3.05) is 36.6 Å². The third-order valence-corrected chi connectivity index (χ3v) is 5.86. The van der Waals surface area contributed by atoms with Gasteiger partial charge in [0.2, 0.25) is 11.0 Å². The first-order valence-electron chi connectivity index (χ1n) is 8.44. The maximum absolute atomic E-state index is 12.2. The molecule has 1 unspecified atom stereocenters. The minimum Gasteiger partial charge on any atom is -0.465 e. The van der Waals surface area contributed by atoms with E-state index in [1.807, 2.05) is 0 Å². The van der Waals surface area contributed by atoms with Crippen LogP contribution < -0.4 is 10.6 Å². The number of nitrogens with one attached hydrogen (secondary N) is 2. The number of esters is 1. The molecule has 3 rings (SSSR count). The second kappa shape index (κ2) is 9.67. The lowest BCUT2D eigenvalue weighted by Gasteiger charge is -2.09. The number of amides is 1. The van der Waals surface area contributed by atoms with Crippen molar-refractivity contribution in [2.24, 2.45) is 0 Å². The minimum atomic E-state index is -0.496. The maximum atomic E-state index is 12.2. The zero-order chi connectivity index (χ0) is 19.1. The Balaban J connectivity index is 1.47. The summed E-state index contributed by atoms with van der Waals surface area (Å²) in [5.74, 6) is -0.569. The smallest absolute Gasteiger partial charge is 0.339 e. The van der Waals surface area contributed by atoms with Crippen molar-refractivity contribution in [3.63, 3.8) is 0 Å². The van der Waals surface area contributed by atoms with Crippen LogP contribution >= 0.6 is 23.1 Å². The molecule has 0 aliphatic carbocycles. The van der Waals surface area contributed by atoms with Gasteiger partial charge in [0, 0.05) is 13.2 Å². The second-order valence-corrected chi connectivity index (χ2v) is 7.96. The van der Waals surface area contributed by atoms with Gasteiger partial charge in [-0.2, -0.15) is 0 Å². The number of para-hydroxylation sites is 1. The lowest BCUT2D eigenvalue weighted by Crippen LogP contribution is -2.18. The Morgan fingerprint density at radius 1 is 1.37 bits per heavy atom. The highest BCUT2D eigenvalue weighted by Gasteiger charge is 2.17. The second-order valence-electron chi connectivity index (χ2n) is 5.76. The molecule has 0 bridgehead atoms. The van der Waals surface area contributed by atoms with Gasteiger partial charge in [-0.3, -0.25) is 4.79 Å². The Bertz CT molecular complexity index is 793. The molecule has 1 aromatic carbocycles. The van der Waals surface area contributed by atoms with Crippen LogP contribution in [0, 0.1) is 0 Å². The van der Waals surface area contributed by atoms with Crippen LogP contribution in [0.3, 0.4) is 0 Å². The highest BCUT2D eigenvalue weighted by Crippen LogP contribution is 2.26. The van der Waals surface area contributed by atoms with Crippen molar-refractivity contribution >= 4 is 45.8 Å². The van der Waals surface area contributed by atoms with Crippen LogP contribution in [-0.4, -0.2) is 54.2 Å². The summed E-state index contributed by atoms with van der Waals surface area (Å²) in [7, 11) is 1.30. The van der Waals surface area contributed by atoms with Gasteiger partial charge in [-0.05, 0) is 25.0 Å². The van der Waals surface area contributed by atoms with Gasteiger partial charge in [-0.25, -0.2) is 4.79 Å². The van der Waals surface area contributed by atoms with E-state index in [2.05, 4.69) is 20.8 Å². The zero-order valence-corrected chi connectivity index (χ0v) is 16.4. The van der Waals surface area contributed by atoms with E-state index in [-0.39, 0.29) is 17.8 Å². The van der Waals surface area contributed by atoms with Crippen LogP contribution in [0.15, 0.2) is 28.6 Å². The molecule has 10 heteroatoms. The molecule has 8 nitrogen and oxygen atoms in total. The summed E-state index contributed by atoms with van der Waals surface area (Å²) in [5, 5.41) is 14.8. The Labute approximate surface area is 165 Å². The van der Waals surface area contributed by atoms with Crippen molar-refractivity contribution in [3.05, 3.63) is 29.8 Å². The van der Waals surface area contributed by atoms with E-state index in [0.29, 0.717) is 27.3 Å². The van der Waals surface area contributed by atoms with E-state index >= 15 is 0 Å². The molecular weight excluding hydrogens is 388 g/mol. The first-order chi connectivity index (χ1) is 13.2. The molecule has 1 saturated heterocycles. The van der Waals surface area contributed by atoms with E-state index < -0.39 is 5.97 Å². The molecule has 1 aliphatic heterocycles. The molecular formula is C17H20N4O4S2. The normalized spacial score (nSPS) is 16.1. The van der Waals surface area contributed by atoms with Crippen LogP contribution in [-0.2, 0) is 14.3 Å². The van der Waals surface area contributed by atoms with Gasteiger partial charge in [0.25, 0.3) is 0 Å². The van der Waals surface area contributed by atoms with Gasteiger partial charge in [0.05, 0.1) is 30.2 Å². The maximum Gasteiger partial charge on any atom is 0.339 e. The Morgan fingerprint density at radius 3 is 3.00 bits per heavy atom. The Hall–Kier alpha value is -2.17. The summed E-state index contributed by atoms with van der Waals surface area (Å²) in [4.78, 5) is 23.9. The Morgan fingerprint density at radius 2 is 2.22 bits per heavy atom. The molecule has 0 spiro atoms. The van der Waals surface area contributed by atoms with Crippen LogP contribution in [0.5, 0.6) is 0 Å². The molecule has 2 aromatic rings. The number of carbonyl (C=O) groups excluding carboxylic acids is 2. The average Bonchev–Trinajstić information content (AvgIpc) is 3.36. The standard InChI is InChI=1S/C17H20N4O4S2/c1-24-15(23)12-6-2-3-7-13(12)19-14(22)10-26-17-21-20-16(27-17)18-9-11-5-4-8-25-11/h2-3,6-7,11H,4-5,8-10H2,1H3,(H,18,20)(H,19,22). The van der Waals surface area contributed by atoms with Crippen molar-refractivity contribution in [3.8, 4) is 0 Å². The molecule has 2 N–H and O–H groups in total. The van der Waals surface area contributed by atoms with Gasteiger partial charge in [0.1, 0.15) is 0 Å². The van der Waals surface area contributed by atoms with Crippen LogP contribution in [0.1, 0.15) is 23.2 Å². The number of ether oxygens (including phenoxy) is 2. The van der Waals surface area contributed by atoms with Crippen molar-refractivity contribution in [1.29, 1.82) is 0 Å². The number of hydrogen-bond acceptors (Lipinski definition) is 9. The van der Waals surface area contributed by atoms with Crippen LogP contribution in [0.4, 0.5) is 10.8 Å². The number of hydrogen-bond donors (Lipinski definition) is 2. The predicted molar refractivity (Wildman–Crippen MR) is 105 cm³/mol. The van der Waals surface area contributed by atoms with E-state index in [4.69, 9.17) is 9.47 Å². The highest BCUT2D eigenvalue weighted by molar-refractivity contribution is 8.01. The summed E-state index contributed by atoms with van der Waals surface area (Å²) >= 11 is 2.69. The van der Waals surface area contributed by atoms with Gasteiger partial charge in [-0.1, -0.05) is 35.2 Å².